The van der Waals surface area contributed by atoms with Gasteiger partial charge >= 0.3 is 0 Å². The molecular weight excluding hydrogens is 370 g/mol. The SMILES string of the molecule is COc1ccc(Cl)cc1C1(CNc2cc(C)c([N+](=O)[O-])cn2)CCOCC1. The van der Waals surface area contributed by atoms with Crippen molar-refractivity contribution in [2.45, 2.75) is 25.2 Å². The number of rotatable bonds is 6. The molecule has 2 heterocycles. The second-order valence-corrected chi connectivity index (χ2v) is 7.14. The molecule has 1 aromatic heterocycles. The lowest BCUT2D eigenvalue weighted by molar-refractivity contribution is -0.385. The van der Waals surface area contributed by atoms with Crippen LogP contribution in [0.15, 0.2) is 30.5 Å². The van der Waals surface area contributed by atoms with Crippen molar-refractivity contribution in [2.24, 2.45) is 0 Å². The minimum absolute atomic E-state index is 0.0119. The highest BCUT2D eigenvalue weighted by atomic mass is 35.5. The maximum absolute atomic E-state index is 11.0. The van der Waals surface area contributed by atoms with E-state index in [1.165, 1.54) is 6.20 Å². The molecule has 0 amide bonds. The van der Waals surface area contributed by atoms with Crippen molar-refractivity contribution in [3.05, 3.63) is 56.7 Å². The molecule has 1 aliphatic rings. The number of methoxy groups -OCH3 is 1. The molecule has 0 bridgehead atoms. The number of nitro groups is 1. The van der Waals surface area contributed by atoms with Gasteiger partial charge in [-0.25, -0.2) is 4.98 Å². The number of nitrogens with one attached hydrogen (secondary N) is 1. The summed E-state index contributed by atoms with van der Waals surface area (Å²) in [4.78, 5) is 14.7. The van der Waals surface area contributed by atoms with E-state index in [0.717, 1.165) is 24.2 Å². The summed E-state index contributed by atoms with van der Waals surface area (Å²) >= 11 is 6.26. The molecule has 1 N–H and O–H groups in total. The van der Waals surface area contributed by atoms with E-state index in [4.69, 9.17) is 21.1 Å². The number of pyridine rings is 1. The zero-order valence-electron chi connectivity index (χ0n) is 15.3. The van der Waals surface area contributed by atoms with E-state index in [2.05, 4.69) is 10.3 Å². The Balaban J connectivity index is 1.89. The molecule has 1 aromatic carbocycles. The topological polar surface area (TPSA) is 86.5 Å². The van der Waals surface area contributed by atoms with E-state index >= 15 is 0 Å². The van der Waals surface area contributed by atoms with Gasteiger partial charge in [0.15, 0.2) is 0 Å². The number of benzene rings is 1. The Morgan fingerprint density at radius 3 is 2.74 bits per heavy atom. The van der Waals surface area contributed by atoms with Crippen LogP contribution in [0.1, 0.15) is 24.0 Å². The molecule has 0 unspecified atom stereocenters. The van der Waals surface area contributed by atoms with Gasteiger partial charge in [-0.3, -0.25) is 10.1 Å². The van der Waals surface area contributed by atoms with Crippen LogP contribution < -0.4 is 10.1 Å². The summed E-state index contributed by atoms with van der Waals surface area (Å²) in [5.74, 6) is 1.39. The molecule has 144 valence electrons. The van der Waals surface area contributed by atoms with Crippen molar-refractivity contribution >= 4 is 23.1 Å². The monoisotopic (exact) mass is 391 g/mol. The van der Waals surface area contributed by atoms with Gasteiger partial charge in [-0.1, -0.05) is 11.6 Å². The zero-order valence-corrected chi connectivity index (χ0v) is 16.1. The lowest BCUT2D eigenvalue weighted by atomic mass is 9.73. The Morgan fingerprint density at radius 1 is 1.37 bits per heavy atom. The normalized spacial score (nSPS) is 16.0. The minimum Gasteiger partial charge on any atom is -0.496 e. The van der Waals surface area contributed by atoms with Gasteiger partial charge in [0.1, 0.15) is 17.8 Å². The lowest BCUT2D eigenvalue weighted by Crippen LogP contribution is -2.40. The van der Waals surface area contributed by atoms with Crippen molar-refractivity contribution < 1.29 is 14.4 Å². The van der Waals surface area contributed by atoms with Crippen molar-refractivity contribution in [3.8, 4) is 5.75 Å². The Labute approximate surface area is 162 Å². The molecule has 2 aromatic rings. The van der Waals surface area contributed by atoms with Crippen LogP contribution in [0, 0.1) is 17.0 Å². The van der Waals surface area contributed by atoms with Crippen molar-refractivity contribution in [1.82, 2.24) is 4.98 Å². The zero-order chi connectivity index (χ0) is 19.4. The van der Waals surface area contributed by atoms with Crippen LogP contribution in [0.2, 0.25) is 5.02 Å². The molecule has 0 aliphatic carbocycles. The Kier molecular flexibility index (Phi) is 5.82. The summed E-state index contributed by atoms with van der Waals surface area (Å²) in [6.45, 7) is 3.58. The van der Waals surface area contributed by atoms with E-state index in [1.807, 2.05) is 18.2 Å². The molecule has 1 fully saturated rings. The van der Waals surface area contributed by atoms with Crippen molar-refractivity contribution in [1.29, 1.82) is 0 Å². The predicted octanol–water partition coefficient (Wildman–Crippen LogP) is 4.12. The Hall–Kier alpha value is -2.38. The fraction of sp³-hybridized carbons (Fsp3) is 0.421. The lowest BCUT2D eigenvalue weighted by Gasteiger charge is -2.39. The highest BCUT2D eigenvalue weighted by Gasteiger charge is 2.37. The quantitative estimate of drug-likeness (QED) is 0.588. The summed E-state index contributed by atoms with van der Waals surface area (Å²) in [5, 5.41) is 15.0. The largest absolute Gasteiger partial charge is 0.496 e. The van der Waals surface area contributed by atoms with E-state index in [9.17, 15) is 10.1 Å². The van der Waals surface area contributed by atoms with E-state index in [0.29, 0.717) is 36.2 Å². The highest BCUT2D eigenvalue weighted by molar-refractivity contribution is 6.30. The first kappa shape index (κ1) is 19.4. The van der Waals surface area contributed by atoms with Crippen LogP contribution in [-0.2, 0) is 10.2 Å². The Bertz CT molecular complexity index is 838. The first-order valence-corrected chi connectivity index (χ1v) is 9.10. The number of nitrogens with zero attached hydrogens (tertiary/aromatic N) is 2. The summed E-state index contributed by atoms with van der Waals surface area (Å²) in [5.41, 5.74) is 1.38. The fourth-order valence-corrected chi connectivity index (χ4v) is 3.67. The third-order valence-electron chi connectivity index (χ3n) is 5.07. The smallest absolute Gasteiger partial charge is 0.290 e. The molecule has 0 spiro atoms. The standard InChI is InChI=1S/C19H22ClN3O4/c1-13-9-18(21-11-16(13)23(24)25)22-12-19(5-7-27-8-6-19)15-10-14(20)3-4-17(15)26-2/h3-4,9-11H,5-8,12H2,1-2H3,(H,21,22). The van der Waals surface area contributed by atoms with Gasteiger partial charge in [0.25, 0.3) is 5.69 Å². The van der Waals surface area contributed by atoms with Crippen LogP contribution >= 0.6 is 11.6 Å². The molecule has 3 rings (SSSR count). The maximum atomic E-state index is 11.0. The molecule has 0 saturated carbocycles. The molecule has 1 saturated heterocycles. The second-order valence-electron chi connectivity index (χ2n) is 6.70. The minimum atomic E-state index is -0.428. The predicted molar refractivity (Wildman–Crippen MR) is 104 cm³/mol. The third kappa shape index (κ3) is 4.14. The van der Waals surface area contributed by atoms with Crippen LogP contribution in [0.4, 0.5) is 11.5 Å². The summed E-state index contributed by atoms with van der Waals surface area (Å²) in [6.07, 6.45) is 2.90. The number of halogens is 1. The van der Waals surface area contributed by atoms with Crippen molar-refractivity contribution in [3.63, 3.8) is 0 Å². The number of ether oxygens (including phenoxy) is 2. The molecule has 8 heteroatoms. The van der Waals surface area contributed by atoms with Gasteiger partial charge in [0, 0.05) is 41.3 Å². The summed E-state index contributed by atoms with van der Waals surface area (Å²) < 4.78 is 11.1. The second kappa shape index (κ2) is 8.10. The van der Waals surface area contributed by atoms with Crippen molar-refractivity contribution in [2.75, 3.05) is 32.2 Å². The van der Waals surface area contributed by atoms with Gasteiger partial charge in [0.2, 0.25) is 0 Å². The fourth-order valence-electron chi connectivity index (χ4n) is 3.49. The van der Waals surface area contributed by atoms with Crippen LogP contribution in [0.5, 0.6) is 5.75 Å². The average Bonchev–Trinajstić information content (AvgIpc) is 2.67. The third-order valence-corrected chi connectivity index (χ3v) is 5.31. The molecule has 0 radical (unpaired) electrons. The van der Waals surface area contributed by atoms with Gasteiger partial charge in [-0.15, -0.1) is 0 Å². The van der Waals surface area contributed by atoms with Gasteiger partial charge in [-0.2, -0.15) is 0 Å². The summed E-state index contributed by atoms with van der Waals surface area (Å²) in [7, 11) is 1.65. The molecule has 27 heavy (non-hydrogen) atoms. The number of aromatic nitrogens is 1. The number of anilines is 1. The first-order chi connectivity index (χ1) is 12.9. The number of aryl methyl sites for hydroxylation is 1. The first-order valence-electron chi connectivity index (χ1n) is 8.72. The van der Waals surface area contributed by atoms with E-state index in [-0.39, 0.29) is 11.1 Å². The summed E-state index contributed by atoms with van der Waals surface area (Å²) in [6, 6.07) is 7.33. The Morgan fingerprint density at radius 2 is 2.11 bits per heavy atom. The van der Waals surface area contributed by atoms with Crippen LogP contribution in [0.25, 0.3) is 0 Å². The molecule has 7 nitrogen and oxygen atoms in total. The van der Waals surface area contributed by atoms with Crippen LogP contribution in [0.3, 0.4) is 0 Å². The number of hydrogen-bond acceptors (Lipinski definition) is 6. The highest BCUT2D eigenvalue weighted by Crippen LogP contribution is 2.41. The van der Waals surface area contributed by atoms with Gasteiger partial charge < -0.3 is 14.8 Å². The maximum Gasteiger partial charge on any atom is 0.290 e. The van der Waals surface area contributed by atoms with Crippen LogP contribution in [-0.4, -0.2) is 36.8 Å². The molecule has 1 aliphatic heterocycles. The average molecular weight is 392 g/mol. The molecular formula is C19H22ClN3O4. The number of hydrogen-bond donors (Lipinski definition) is 1. The van der Waals surface area contributed by atoms with Gasteiger partial charge in [0.05, 0.1) is 12.0 Å². The van der Waals surface area contributed by atoms with E-state index in [1.54, 1.807) is 20.1 Å². The van der Waals surface area contributed by atoms with E-state index < -0.39 is 4.92 Å². The van der Waals surface area contributed by atoms with Gasteiger partial charge in [-0.05, 0) is 44.0 Å². The molecule has 0 atom stereocenters.